The molecule has 0 saturated carbocycles. The van der Waals surface area contributed by atoms with E-state index in [2.05, 4.69) is 11.4 Å². The topological polar surface area (TPSA) is 52.6 Å². The third-order valence-electron chi connectivity index (χ3n) is 4.40. The number of rotatable bonds is 2. The average molecular weight is 274 g/mol. The maximum Gasteiger partial charge on any atom is 0.256 e. The van der Waals surface area contributed by atoms with Crippen LogP contribution in [0.5, 0.6) is 0 Å². The van der Waals surface area contributed by atoms with Crippen LogP contribution < -0.4 is 5.32 Å². The van der Waals surface area contributed by atoms with Crippen molar-refractivity contribution in [2.45, 2.75) is 38.1 Å². The fourth-order valence-electron chi connectivity index (χ4n) is 3.30. The number of benzene rings is 1. The minimum absolute atomic E-state index is 0.0179. The molecule has 0 bridgehead atoms. The lowest BCUT2D eigenvalue weighted by molar-refractivity contribution is 0.0504. The van der Waals surface area contributed by atoms with E-state index in [0.717, 1.165) is 56.4 Å². The zero-order valence-corrected chi connectivity index (χ0v) is 11.8. The third-order valence-corrected chi connectivity index (χ3v) is 4.40. The molecule has 1 aromatic carbocycles. The van der Waals surface area contributed by atoms with Crippen molar-refractivity contribution < 1.29 is 9.90 Å². The van der Waals surface area contributed by atoms with Gasteiger partial charge in [0.2, 0.25) is 0 Å². The molecule has 20 heavy (non-hydrogen) atoms. The summed E-state index contributed by atoms with van der Waals surface area (Å²) >= 11 is 0. The monoisotopic (exact) mass is 274 g/mol. The minimum Gasteiger partial charge on any atom is -0.394 e. The van der Waals surface area contributed by atoms with Crippen molar-refractivity contribution >= 4 is 11.6 Å². The highest BCUT2D eigenvalue weighted by molar-refractivity contribution is 6.00. The Balaban J connectivity index is 1.90. The Morgan fingerprint density at radius 3 is 3.10 bits per heavy atom. The number of carbonyl (C=O) groups excluding carboxylic acids is 1. The summed E-state index contributed by atoms with van der Waals surface area (Å²) in [5.74, 6) is 0.0648. The van der Waals surface area contributed by atoms with Gasteiger partial charge in [-0.3, -0.25) is 4.79 Å². The quantitative estimate of drug-likeness (QED) is 0.867. The van der Waals surface area contributed by atoms with Crippen molar-refractivity contribution in [1.82, 2.24) is 4.90 Å². The molecule has 1 amide bonds. The molecule has 2 aliphatic rings. The standard InChI is InChI=1S/C16H22N2O2/c19-11-13-7-1-2-10-18(13)16(20)14-8-3-5-12-6-4-9-17-15(12)14/h3,5,8,13,17,19H,1-2,4,6-7,9-11H2. The van der Waals surface area contributed by atoms with Crippen LogP contribution in [0.15, 0.2) is 18.2 Å². The number of aryl methyl sites for hydroxylation is 1. The molecule has 1 saturated heterocycles. The number of amides is 1. The third kappa shape index (κ3) is 2.40. The molecule has 2 aliphatic heterocycles. The SMILES string of the molecule is O=C(c1cccc2c1NCCC2)N1CCCCC1CO. The van der Waals surface area contributed by atoms with Crippen LogP contribution in [0.4, 0.5) is 5.69 Å². The lowest BCUT2D eigenvalue weighted by atomic mass is 9.96. The minimum atomic E-state index is -0.0179. The molecule has 108 valence electrons. The Labute approximate surface area is 119 Å². The maximum atomic E-state index is 12.8. The fraction of sp³-hybridized carbons (Fsp3) is 0.562. The Morgan fingerprint density at radius 2 is 2.25 bits per heavy atom. The van der Waals surface area contributed by atoms with Crippen molar-refractivity contribution in [3.63, 3.8) is 0 Å². The van der Waals surface area contributed by atoms with Gasteiger partial charge in [-0.25, -0.2) is 0 Å². The number of carbonyl (C=O) groups is 1. The first kappa shape index (κ1) is 13.4. The normalized spacial score (nSPS) is 22.1. The number of hydrogen-bond acceptors (Lipinski definition) is 3. The number of aliphatic hydroxyl groups excluding tert-OH is 1. The van der Waals surface area contributed by atoms with Crippen LogP contribution in [0.1, 0.15) is 41.6 Å². The number of nitrogens with zero attached hydrogens (tertiary/aromatic N) is 1. The van der Waals surface area contributed by atoms with Crippen LogP contribution in [-0.4, -0.2) is 41.7 Å². The highest BCUT2D eigenvalue weighted by Crippen LogP contribution is 2.29. The molecule has 0 aromatic heterocycles. The van der Waals surface area contributed by atoms with E-state index in [9.17, 15) is 9.90 Å². The number of piperidine rings is 1. The van der Waals surface area contributed by atoms with Gasteiger partial charge in [0, 0.05) is 13.1 Å². The lowest BCUT2D eigenvalue weighted by Gasteiger charge is -2.35. The summed E-state index contributed by atoms with van der Waals surface area (Å²) in [4.78, 5) is 14.7. The predicted octanol–water partition coefficient (Wildman–Crippen LogP) is 2.03. The molecule has 4 nitrogen and oxygen atoms in total. The highest BCUT2D eigenvalue weighted by Gasteiger charge is 2.29. The molecule has 2 N–H and O–H groups in total. The first-order chi connectivity index (χ1) is 9.81. The van der Waals surface area contributed by atoms with E-state index in [0.29, 0.717) is 0 Å². The van der Waals surface area contributed by atoms with Crippen LogP contribution in [-0.2, 0) is 6.42 Å². The Hall–Kier alpha value is -1.55. The van der Waals surface area contributed by atoms with Gasteiger partial charge < -0.3 is 15.3 Å². The molecule has 1 aromatic rings. The van der Waals surface area contributed by atoms with E-state index >= 15 is 0 Å². The second-order valence-electron chi connectivity index (χ2n) is 5.70. The summed E-state index contributed by atoms with van der Waals surface area (Å²) in [5.41, 5.74) is 3.01. The number of para-hydroxylation sites is 1. The van der Waals surface area contributed by atoms with Gasteiger partial charge in [-0.1, -0.05) is 12.1 Å². The summed E-state index contributed by atoms with van der Waals surface area (Å²) in [5, 5.41) is 12.9. The van der Waals surface area contributed by atoms with Gasteiger partial charge in [0.25, 0.3) is 5.91 Å². The van der Waals surface area contributed by atoms with E-state index < -0.39 is 0 Å². The Morgan fingerprint density at radius 1 is 1.35 bits per heavy atom. The molecule has 0 aliphatic carbocycles. The van der Waals surface area contributed by atoms with Crippen molar-refractivity contribution in [3.8, 4) is 0 Å². The van der Waals surface area contributed by atoms with Crippen LogP contribution >= 0.6 is 0 Å². The van der Waals surface area contributed by atoms with Crippen molar-refractivity contribution in [2.75, 3.05) is 25.0 Å². The molecule has 1 unspecified atom stereocenters. The molecular weight excluding hydrogens is 252 g/mol. The number of nitrogens with one attached hydrogen (secondary N) is 1. The van der Waals surface area contributed by atoms with Crippen molar-refractivity contribution in [1.29, 1.82) is 0 Å². The zero-order valence-electron chi connectivity index (χ0n) is 11.8. The van der Waals surface area contributed by atoms with Crippen LogP contribution in [0.2, 0.25) is 0 Å². The summed E-state index contributed by atoms with van der Waals surface area (Å²) in [6, 6.07) is 5.95. The number of fused-ring (bicyclic) bond motifs is 1. The van der Waals surface area contributed by atoms with E-state index in [-0.39, 0.29) is 18.6 Å². The van der Waals surface area contributed by atoms with Gasteiger partial charge in [-0.2, -0.15) is 0 Å². The van der Waals surface area contributed by atoms with Gasteiger partial charge in [-0.05, 0) is 43.7 Å². The van der Waals surface area contributed by atoms with Gasteiger partial charge in [-0.15, -0.1) is 0 Å². The molecule has 1 fully saturated rings. The smallest absolute Gasteiger partial charge is 0.256 e. The fourth-order valence-corrected chi connectivity index (χ4v) is 3.30. The summed E-state index contributed by atoms with van der Waals surface area (Å²) < 4.78 is 0. The van der Waals surface area contributed by atoms with Gasteiger partial charge in [0.1, 0.15) is 0 Å². The molecule has 2 heterocycles. The average Bonchev–Trinajstić information content (AvgIpc) is 2.53. The van der Waals surface area contributed by atoms with Crippen LogP contribution in [0.3, 0.4) is 0 Å². The summed E-state index contributed by atoms with van der Waals surface area (Å²) in [6.45, 7) is 1.75. The number of likely N-dealkylation sites (tertiary alicyclic amines) is 1. The van der Waals surface area contributed by atoms with Crippen molar-refractivity contribution in [3.05, 3.63) is 29.3 Å². The van der Waals surface area contributed by atoms with Crippen LogP contribution in [0.25, 0.3) is 0 Å². The number of aliphatic hydroxyl groups is 1. The van der Waals surface area contributed by atoms with Crippen molar-refractivity contribution in [2.24, 2.45) is 0 Å². The maximum absolute atomic E-state index is 12.8. The zero-order chi connectivity index (χ0) is 13.9. The number of hydrogen-bond donors (Lipinski definition) is 2. The largest absolute Gasteiger partial charge is 0.394 e. The first-order valence-corrected chi connectivity index (χ1v) is 7.59. The first-order valence-electron chi connectivity index (χ1n) is 7.59. The van der Waals surface area contributed by atoms with E-state index in [1.807, 2.05) is 17.0 Å². The molecule has 3 rings (SSSR count). The molecule has 0 spiro atoms. The van der Waals surface area contributed by atoms with E-state index in [4.69, 9.17) is 0 Å². The van der Waals surface area contributed by atoms with Crippen LogP contribution in [0, 0.1) is 0 Å². The van der Waals surface area contributed by atoms with Gasteiger partial charge >= 0.3 is 0 Å². The second kappa shape index (κ2) is 5.83. The summed E-state index contributed by atoms with van der Waals surface area (Å²) in [7, 11) is 0. The van der Waals surface area contributed by atoms with E-state index in [1.54, 1.807) is 0 Å². The molecule has 1 atom stereocenters. The lowest BCUT2D eigenvalue weighted by Crippen LogP contribution is -2.45. The predicted molar refractivity (Wildman–Crippen MR) is 79.0 cm³/mol. The second-order valence-corrected chi connectivity index (χ2v) is 5.70. The van der Waals surface area contributed by atoms with Gasteiger partial charge in [0.15, 0.2) is 0 Å². The summed E-state index contributed by atoms with van der Waals surface area (Å²) in [6.07, 6.45) is 5.19. The molecular formula is C16H22N2O2. The molecule has 4 heteroatoms. The van der Waals surface area contributed by atoms with Gasteiger partial charge in [0.05, 0.1) is 23.9 Å². The highest BCUT2D eigenvalue weighted by atomic mass is 16.3. The number of anilines is 1. The van der Waals surface area contributed by atoms with E-state index in [1.165, 1.54) is 5.56 Å². The Kier molecular flexibility index (Phi) is 3.92. The molecule has 0 radical (unpaired) electrons. The Bertz CT molecular complexity index is 501.